The van der Waals surface area contributed by atoms with Gasteiger partial charge in [-0.2, -0.15) is 0 Å². The van der Waals surface area contributed by atoms with E-state index in [1.54, 1.807) is 7.11 Å². The molecular formula is C15H31N3O3. The molecule has 124 valence electrons. The molecule has 0 spiro atoms. The molecule has 0 fully saturated rings. The fourth-order valence-electron chi connectivity index (χ4n) is 1.75. The fourth-order valence-corrected chi connectivity index (χ4v) is 1.75. The predicted molar refractivity (Wildman–Crippen MR) is 85.4 cm³/mol. The van der Waals surface area contributed by atoms with E-state index in [2.05, 4.69) is 36.4 Å². The highest BCUT2D eigenvalue weighted by Crippen LogP contribution is 2.21. The molecule has 2 atom stereocenters. The Balaban J connectivity index is 4.59. The number of hydrogen-bond donors (Lipinski definition) is 2. The highest BCUT2D eigenvalue weighted by Gasteiger charge is 2.24. The normalized spacial score (nSPS) is 15.3. The van der Waals surface area contributed by atoms with Crippen LogP contribution >= 0.6 is 0 Å². The summed E-state index contributed by atoms with van der Waals surface area (Å²) in [5.41, 5.74) is 0.0227. The molecule has 0 aliphatic heterocycles. The van der Waals surface area contributed by atoms with Crippen LogP contribution in [0.2, 0.25) is 0 Å². The Hall–Kier alpha value is -1.30. The third-order valence-electron chi connectivity index (χ3n) is 3.19. The van der Waals surface area contributed by atoms with Gasteiger partial charge in [-0.25, -0.2) is 0 Å². The minimum Gasteiger partial charge on any atom is -0.469 e. The maximum absolute atomic E-state index is 11.4. The summed E-state index contributed by atoms with van der Waals surface area (Å²) in [4.78, 5) is 15.9. The van der Waals surface area contributed by atoms with Crippen molar-refractivity contribution in [2.24, 2.45) is 16.3 Å². The van der Waals surface area contributed by atoms with Gasteiger partial charge in [-0.05, 0) is 12.3 Å². The SMILES string of the molecule is CCNC(=NCC(OC)C(C)(C)C)NCC(C)C(=O)OC. The van der Waals surface area contributed by atoms with Gasteiger partial charge >= 0.3 is 5.97 Å². The van der Waals surface area contributed by atoms with Crippen molar-refractivity contribution < 1.29 is 14.3 Å². The van der Waals surface area contributed by atoms with E-state index in [1.807, 2.05) is 13.8 Å². The molecule has 0 saturated carbocycles. The molecule has 0 rings (SSSR count). The maximum atomic E-state index is 11.4. The Morgan fingerprint density at radius 2 is 1.86 bits per heavy atom. The molecule has 0 amide bonds. The van der Waals surface area contributed by atoms with Crippen molar-refractivity contribution in [1.82, 2.24) is 10.6 Å². The van der Waals surface area contributed by atoms with Crippen molar-refractivity contribution in [3.05, 3.63) is 0 Å². The molecule has 0 radical (unpaired) electrons. The zero-order valence-electron chi connectivity index (χ0n) is 14.4. The first-order valence-corrected chi connectivity index (χ1v) is 7.39. The van der Waals surface area contributed by atoms with E-state index in [-0.39, 0.29) is 23.4 Å². The van der Waals surface area contributed by atoms with Crippen LogP contribution in [0.3, 0.4) is 0 Å². The average Bonchev–Trinajstić information content (AvgIpc) is 2.42. The van der Waals surface area contributed by atoms with E-state index in [4.69, 9.17) is 9.47 Å². The van der Waals surface area contributed by atoms with Gasteiger partial charge in [-0.15, -0.1) is 0 Å². The number of nitrogens with zero attached hydrogens (tertiary/aromatic N) is 1. The van der Waals surface area contributed by atoms with Crippen LogP contribution in [-0.2, 0) is 14.3 Å². The fraction of sp³-hybridized carbons (Fsp3) is 0.867. The van der Waals surface area contributed by atoms with Crippen molar-refractivity contribution in [2.45, 2.75) is 40.7 Å². The average molecular weight is 301 g/mol. The molecule has 0 aromatic heterocycles. The second kappa shape index (κ2) is 9.60. The van der Waals surface area contributed by atoms with Gasteiger partial charge in [-0.1, -0.05) is 27.7 Å². The van der Waals surface area contributed by atoms with Crippen molar-refractivity contribution in [1.29, 1.82) is 0 Å². The van der Waals surface area contributed by atoms with Crippen molar-refractivity contribution in [3.63, 3.8) is 0 Å². The largest absolute Gasteiger partial charge is 0.469 e. The Morgan fingerprint density at radius 1 is 1.24 bits per heavy atom. The number of carbonyl (C=O) groups excluding carboxylic acids is 1. The lowest BCUT2D eigenvalue weighted by Gasteiger charge is -2.28. The van der Waals surface area contributed by atoms with Gasteiger partial charge in [0.1, 0.15) is 0 Å². The summed E-state index contributed by atoms with van der Waals surface area (Å²) in [5, 5.41) is 6.31. The Labute approximate surface area is 128 Å². The van der Waals surface area contributed by atoms with Gasteiger partial charge < -0.3 is 20.1 Å². The summed E-state index contributed by atoms with van der Waals surface area (Å²) < 4.78 is 10.2. The van der Waals surface area contributed by atoms with Crippen LogP contribution in [0.25, 0.3) is 0 Å². The monoisotopic (exact) mass is 301 g/mol. The number of carbonyl (C=O) groups is 1. The smallest absolute Gasteiger partial charge is 0.310 e. The third kappa shape index (κ3) is 7.90. The lowest BCUT2D eigenvalue weighted by molar-refractivity contribution is -0.144. The number of hydrogen-bond acceptors (Lipinski definition) is 4. The Kier molecular flexibility index (Phi) is 9.01. The third-order valence-corrected chi connectivity index (χ3v) is 3.19. The van der Waals surface area contributed by atoms with Crippen molar-refractivity contribution in [2.75, 3.05) is 33.9 Å². The topological polar surface area (TPSA) is 72.0 Å². The van der Waals surface area contributed by atoms with E-state index in [0.717, 1.165) is 6.54 Å². The summed E-state index contributed by atoms with van der Waals surface area (Å²) in [6.45, 7) is 12.0. The predicted octanol–water partition coefficient (Wildman–Crippen LogP) is 1.41. The summed E-state index contributed by atoms with van der Waals surface area (Å²) in [6, 6.07) is 0. The zero-order valence-corrected chi connectivity index (χ0v) is 14.4. The van der Waals surface area contributed by atoms with Gasteiger partial charge in [0.25, 0.3) is 0 Å². The minimum absolute atomic E-state index is 0.0227. The molecule has 0 saturated heterocycles. The summed E-state index contributed by atoms with van der Waals surface area (Å²) >= 11 is 0. The molecule has 2 N–H and O–H groups in total. The molecular weight excluding hydrogens is 270 g/mol. The summed E-state index contributed by atoms with van der Waals surface area (Å²) in [7, 11) is 3.09. The molecule has 2 unspecified atom stereocenters. The number of methoxy groups -OCH3 is 2. The van der Waals surface area contributed by atoms with Gasteiger partial charge in [0.2, 0.25) is 0 Å². The van der Waals surface area contributed by atoms with Crippen LogP contribution in [0.5, 0.6) is 0 Å². The summed E-state index contributed by atoms with van der Waals surface area (Å²) in [6.07, 6.45) is 0.0333. The number of guanidine groups is 1. The van der Waals surface area contributed by atoms with E-state index < -0.39 is 0 Å². The summed E-state index contributed by atoms with van der Waals surface area (Å²) in [5.74, 6) is 0.224. The number of rotatable bonds is 7. The number of ether oxygens (including phenoxy) is 2. The molecule has 0 aliphatic rings. The van der Waals surface area contributed by atoms with E-state index in [0.29, 0.717) is 19.0 Å². The molecule has 0 aliphatic carbocycles. The van der Waals surface area contributed by atoms with Crippen LogP contribution in [0.4, 0.5) is 0 Å². The minimum atomic E-state index is -0.234. The second-order valence-corrected chi connectivity index (χ2v) is 6.12. The molecule has 0 bridgehead atoms. The first-order chi connectivity index (χ1) is 9.76. The van der Waals surface area contributed by atoms with Crippen LogP contribution in [0, 0.1) is 11.3 Å². The van der Waals surface area contributed by atoms with Crippen LogP contribution in [-0.4, -0.2) is 51.9 Å². The van der Waals surface area contributed by atoms with Crippen LogP contribution < -0.4 is 10.6 Å². The molecule has 0 heterocycles. The lowest BCUT2D eigenvalue weighted by atomic mass is 9.89. The first-order valence-electron chi connectivity index (χ1n) is 7.39. The lowest BCUT2D eigenvalue weighted by Crippen LogP contribution is -2.42. The van der Waals surface area contributed by atoms with Gasteiger partial charge in [-0.3, -0.25) is 9.79 Å². The highest BCUT2D eigenvalue weighted by molar-refractivity contribution is 5.80. The van der Waals surface area contributed by atoms with E-state index >= 15 is 0 Å². The van der Waals surface area contributed by atoms with E-state index in [9.17, 15) is 4.79 Å². The number of aliphatic imine (C=N–C) groups is 1. The first kappa shape index (κ1) is 19.7. The number of nitrogens with one attached hydrogen (secondary N) is 2. The van der Waals surface area contributed by atoms with E-state index in [1.165, 1.54) is 7.11 Å². The molecule has 21 heavy (non-hydrogen) atoms. The molecule has 0 aromatic rings. The van der Waals surface area contributed by atoms with Gasteiger partial charge in [0.15, 0.2) is 5.96 Å². The molecule has 6 heteroatoms. The van der Waals surface area contributed by atoms with Gasteiger partial charge in [0.05, 0.1) is 25.7 Å². The van der Waals surface area contributed by atoms with Gasteiger partial charge in [0, 0.05) is 20.2 Å². The highest BCUT2D eigenvalue weighted by atomic mass is 16.5. The standard InChI is InChI=1S/C15H31N3O3/c1-8-16-14(17-9-11(2)13(19)21-7)18-10-12(20-6)15(3,4)5/h11-12H,8-10H2,1-7H3,(H2,16,17,18). The Bertz CT molecular complexity index is 338. The zero-order chi connectivity index (χ0) is 16.5. The van der Waals surface area contributed by atoms with Crippen LogP contribution in [0.15, 0.2) is 4.99 Å². The quantitative estimate of drug-likeness (QED) is 0.423. The molecule has 6 nitrogen and oxygen atoms in total. The maximum Gasteiger partial charge on any atom is 0.310 e. The van der Waals surface area contributed by atoms with Crippen molar-refractivity contribution in [3.8, 4) is 0 Å². The number of esters is 1. The van der Waals surface area contributed by atoms with Crippen LogP contribution in [0.1, 0.15) is 34.6 Å². The Morgan fingerprint density at radius 3 is 2.29 bits per heavy atom. The second-order valence-electron chi connectivity index (χ2n) is 6.12. The molecule has 0 aromatic carbocycles. The van der Waals surface area contributed by atoms with Crippen molar-refractivity contribution >= 4 is 11.9 Å².